The van der Waals surface area contributed by atoms with Gasteiger partial charge >= 0.3 is 10.2 Å². The van der Waals surface area contributed by atoms with Gasteiger partial charge in [0.25, 0.3) is 5.91 Å². The molecule has 24 heavy (non-hydrogen) atoms. The van der Waals surface area contributed by atoms with E-state index in [4.69, 9.17) is 6.57 Å². The van der Waals surface area contributed by atoms with E-state index in [1.807, 2.05) is 0 Å². The van der Waals surface area contributed by atoms with E-state index in [-0.39, 0.29) is 5.92 Å². The molecule has 0 aromatic heterocycles. The topological polar surface area (TPSA) is 91.1 Å². The quantitative estimate of drug-likeness (QED) is 0.616. The highest BCUT2D eigenvalue weighted by Gasteiger charge is 2.38. The summed E-state index contributed by atoms with van der Waals surface area (Å²) in [5, 5.41) is 10.2. The molecule has 1 atom stereocenters. The second-order valence-electron chi connectivity index (χ2n) is 6.02. The fraction of sp³-hybridized carbons (Fsp3) is 0.467. The van der Waals surface area contributed by atoms with Crippen molar-refractivity contribution in [1.29, 1.82) is 0 Å². The minimum atomic E-state index is -4.20. The number of aromatic hydroxyl groups is 1. The van der Waals surface area contributed by atoms with E-state index in [2.05, 4.69) is 4.85 Å². The summed E-state index contributed by atoms with van der Waals surface area (Å²) in [6.45, 7) is 6.76. The van der Waals surface area contributed by atoms with Crippen molar-refractivity contribution < 1.29 is 22.7 Å². The van der Waals surface area contributed by atoms with Crippen LogP contribution in [0, 0.1) is 18.3 Å². The van der Waals surface area contributed by atoms with Gasteiger partial charge in [0, 0.05) is 5.92 Å². The monoisotopic (exact) mass is 353 g/mol. The van der Waals surface area contributed by atoms with E-state index in [9.17, 15) is 22.7 Å². The number of nitrogens with one attached hydrogen (secondary N) is 1. The molecule has 128 valence electrons. The van der Waals surface area contributed by atoms with E-state index >= 15 is 0 Å². The van der Waals surface area contributed by atoms with Crippen LogP contribution in [0.2, 0.25) is 0 Å². The molecule has 1 amide bonds. The summed E-state index contributed by atoms with van der Waals surface area (Å²) in [6, 6.07) is 1.37. The molecule has 7 nitrogen and oxygen atoms in total. The highest BCUT2D eigenvalue weighted by atomic mass is 32.2. The zero-order valence-corrected chi connectivity index (χ0v) is 13.6. The third kappa shape index (κ3) is 2.78. The molecule has 3 rings (SSSR count). The SMILES string of the molecule is [C-]#[N+]CC1CCc2cc(O)c(N3CC(=O)NS3(=O)=O)c(F)c2CC1. The van der Waals surface area contributed by atoms with Gasteiger partial charge in [0.05, 0.1) is 0 Å². The molecule has 0 saturated carbocycles. The molecule has 2 aliphatic rings. The van der Waals surface area contributed by atoms with Crippen LogP contribution < -0.4 is 9.03 Å². The predicted octanol–water partition coefficient (Wildman–Crippen LogP) is 1.13. The Labute approximate surface area is 139 Å². The number of nitrogens with zero attached hydrogens (tertiary/aromatic N) is 2. The van der Waals surface area contributed by atoms with Crippen molar-refractivity contribution in [3.05, 3.63) is 34.4 Å². The number of carbonyl (C=O) groups is 1. The Kier molecular flexibility index (Phi) is 4.09. The van der Waals surface area contributed by atoms with Gasteiger partial charge in [0.2, 0.25) is 6.54 Å². The normalized spacial score (nSPS) is 22.4. The van der Waals surface area contributed by atoms with Crippen molar-refractivity contribution >= 4 is 21.8 Å². The molecular formula is C15H16FN3O4S. The van der Waals surface area contributed by atoms with E-state index in [0.29, 0.717) is 41.2 Å². The molecule has 9 heteroatoms. The molecule has 1 aliphatic carbocycles. The summed E-state index contributed by atoms with van der Waals surface area (Å²) in [7, 11) is -4.20. The second-order valence-corrected chi connectivity index (χ2v) is 7.61. The van der Waals surface area contributed by atoms with Crippen molar-refractivity contribution in [2.75, 3.05) is 17.4 Å². The second kappa shape index (κ2) is 5.94. The summed E-state index contributed by atoms with van der Waals surface area (Å²) in [4.78, 5) is 14.7. The molecular weight excluding hydrogens is 337 g/mol. The van der Waals surface area contributed by atoms with Crippen LogP contribution in [0.4, 0.5) is 10.1 Å². The summed E-state index contributed by atoms with van der Waals surface area (Å²) in [5.74, 6) is -1.94. The third-order valence-corrected chi connectivity index (χ3v) is 5.84. The number of fused-ring (bicyclic) bond motifs is 1. The Morgan fingerprint density at radius 1 is 1.42 bits per heavy atom. The van der Waals surface area contributed by atoms with Crippen LogP contribution in [0.15, 0.2) is 6.07 Å². The molecule has 1 fully saturated rings. The van der Waals surface area contributed by atoms with Gasteiger partial charge in [-0.25, -0.2) is 20.0 Å². The number of rotatable bonds is 2. The smallest absolute Gasteiger partial charge is 0.326 e. The number of amides is 1. The fourth-order valence-corrected chi connectivity index (χ4v) is 4.42. The maximum atomic E-state index is 15.0. The largest absolute Gasteiger partial charge is 0.506 e. The minimum absolute atomic E-state index is 0.152. The minimum Gasteiger partial charge on any atom is -0.506 e. The van der Waals surface area contributed by atoms with Crippen molar-refractivity contribution in [3.63, 3.8) is 0 Å². The molecule has 1 aromatic carbocycles. The van der Waals surface area contributed by atoms with Crippen molar-refractivity contribution in [3.8, 4) is 5.75 Å². The Morgan fingerprint density at radius 2 is 2.12 bits per heavy atom. The lowest BCUT2D eigenvalue weighted by atomic mass is 10.00. The lowest BCUT2D eigenvalue weighted by Crippen LogP contribution is -2.30. The maximum Gasteiger partial charge on any atom is 0.326 e. The molecule has 1 heterocycles. The van der Waals surface area contributed by atoms with Crippen LogP contribution in [0.1, 0.15) is 24.0 Å². The zero-order chi connectivity index (χ0) is 17.5. The van der Waals surface area contributed by atoms with Gasteiger partial charge in [-0.2, -0.15) is 8.42 Å². The Morgan fingerprint density at radius 3 is 2.75 bits per heavy atom. The number of phenols is 1. The van der Waals surface area contributed by atoms with Crippen LogP contribution >= 0.6 is 0 Å². The summed E-state index contributed by atoms with van der Waals surface area (Å²) in [6.07, 6.45) is 2.23. The van der Waals surface area contributed by atoms with E-state index < -0.39 is 39.9 Å². The number of anilines is 1. The number of hydrogen-bond acceptors (Lipinski definition) is 4. The first-order chi connectivity index (χ1) is 11.3. The number of benzene rings is 1. The number of phenolic OH excluding ortho intramolecular Hbond substituents is 1. The first-order valence-corrected chi connectivity index (χ1v) is 8.97. The summed E-state index contributed by atoms with van der Waals surface area (Å²) < 4.78 is 41.1. The van der Waals surface area contributed by atoms with Crippen LogP contribution in [-0.2, 0) is 27.8 Å². The molecule has 1 unspecified atom stereocenters. The van der Waals surface area contributed by atoms with Crippen molar-refractivity contribution in [1.82, 2.24) is 4.72 Å². The highest BCUT2D eigenvalue weighted by molar-refractivity contribution is 7.92. The number of carbonyl (C=O) groups excluding carboxylic acids is 1. The molecule has 0 spiro atoms. The maximum absolute atomic E-state index is 15.0. The zero-order valence-electron chi connectivity index (χ0n) is 12.7. The van der Waals surface area contributed by atoms with E-state index in [1.165, 1.54) is 6.07 Å². The summed E-state index contributed by atoms with van der Waals surface area (Å²) >= 11 is 0. The van der Waals surface area contributed by atoms with Crippen molar-refractivity contribution in [2.24, 2.45) is 5.92 Å². The standard InChI is InChI=1S/C15H16FN3O4S/c1-17-7-9-2-4-10-6-12(20)15(14(16)11(10)5-3-9)19-8-13(21)18-24(19,22)23/h6,9,20H,2-5,7-8H2,(H,18,21). The summed E-state index contributed by atoms with van der Waals surface area (Å²) in [5.41, 5.74) is 0.484. The number of hydrogen-bond donors (Lipinski definition) is 2. The number of halogens is 1. The van der Waals surface area contributed by atoms with Gasteiger partial charge in [0.15, 0.2) is 5.82 Å². The molecule has 0 bridgehead atoms. The van der Waals surface area contributed by atoms with Crippen LogP contribution in [0.3, 0.4) is 0 Å². The van der Waals surface area contributed by atoms with Crippen LogP contribution in [0.5, 0.6) is 5.75 Å². The molecule has 1 aromatic rings. The van der Waals surface area contributed by atoms with Crippen LogP contribution in [0.25, 0.3) is 4.85 Å². The van der Waals surface area contributed by atoms with Crippen LogP contribution in [-0.4, -0.2) is 32.5 Å². The van der Waals surface area contributed by atoms with Gasteiger partial charge in [0.1, 0.15) is 18.0 Å². The van der Waals surface area contributed by atoms with Gasteiger partial charge in [-0.15, -0.1) is 0 Å². The first-order valence-electron chi connectivity index (χ1n) is 7.53. The Hall–Kier alpha value is -2.34. The van der Waals surface area contributed by atoms with Gasteiger partial charge < -0.3 is 9.95 Å². The molecule has 1 saturated heterocycles. The van der Waals surface area contributed by atoms with Crippen molar-refractivity contribution in [2.45, 2.75) is 25.7 Å². The lowest BCUT2D eigenvalue weighted by molar-refractivity contribution is -0.117. The van der Waals surface area contributed by atoms with E-state index in [0.717, 1.165) is 6.42 Å². The fourth-order valence-electron chi connectivity index (χ4n) is 3.26. The van der Waals surface area contributed by atoms with Gasteiger partial charge in [-0.05, 0) is 42.9 Å². The molecule has 2 N–H and O–H groups in total. The lowest BCUT2D eigenvalue weighted by Gasteiger charge is -2.20. The predicted molar refractivity (Wildman–Crippen MR) is 84.1 cm³/mol. The third-order valence-electron chi connectivity index (χ3n) is 4.46. The molecule has 0 radical (unpaired) electrons. The van der Waals surface area contributed by atoms with Gasteiger partial charge in [-0.3, -0.25) is 4.79 Å². The molecule has 1 aliphatic heterocycles. The Balaban J connectivity index is 2.04. The van der Waals surface area contributed by atoms with E-state index in [1.54, 1.807) is 4.72 Å². The average Bonchev–Trinajstić information content (AvgIpc) is 2.66. The Bertz CT molecular complexity index is 847. The average molecular weight is 353 g/mol. The number of aryl methyl sites for hydroxylation is 1. The first kappa shape index (κ1) is 16.5. The van der Waals surface area contributed by atoms with Gasteiger partial charge in [-0.1, -0.05) is 0 Å². The highest BCUT2D eigenvalue weighted by Crippen LogP contribution is 2.39.